The molecular formula is C20H23N3O3. The van der Waals surface area contributed by atoms with E-state index >= 15 is 0 Å². The van der Waals surface area contributed by atoms with Crippen molar-refractivity contribution in [1.82, 2.24) is 10.3 Å². The van der Waals surface area contributed by atoms with Crippen LogP contribution in [0.5, 0.6) is 5.75 Å². The summed E-state index contributed by atoms with van der Waals surface area (Å²) in [6, 6.07) is 10.6. The van der Waals surface area contributed by atoms with E-state index in [0.717, 1.165) is 43.4 Å². The van der Waals surface area contributed by atoms with Gasteiger partial charge in [0.05, 0.1) is 6.04 Å². The van der Waals surface area contributed by atoms with Crippen LogP contribution in [0.1, 0.15) is 50.1 Å². The number of anilines is 1. The van der Waals surface area contributed by atoms with Gasteiger partial charge in [0, 0.05) is 18.2 Å². The monoisotopic (exact) mass is 353 g/mol. The van der Waals surface area contributed by atoms with E-state index in [9.17, 15) is 9.59 Å². The van der Waals surface area contributed by atoms with Crippen LogP contribution in [0.15, 0.2) is 47.4 Å². The first-order valence-corrected chi connectivity index (χ1v) is 9.18. The molecule has 2 amide bonds. The number of urea groups is 1. The second kappa shape index (κ2) is 6.86. The Balaban J connectivity index is 1.55. The van der Waals surface area contributed by atoms with Gasteiger partial charge in [0.15, 0.2) is 0 Å². The molecule has 0 unspecified atom stereocenters. The molecule has 6 heteroatoms. The van der Waals surface area contributed by atoms with Crippen molar-refractivity contribution in [2.24, 2.45) is 0 Å². The first-order valence-electron chi connectivity index (χ1n) is 9.18. The van der Waals surface area contributed by atoms with Crippen molar-refractivity contribution in [2.75, 3.05) is 5.32 Å². The number of hydrogen-bond acceptors (Lipinski definition) is 3. The number of ether oxygens (including phenoxy) is 1. The third-order valence-corrected chi connectivity index (χ3v) is 5.33. The number of fused-ring (bicyclic) bond motifs is 1. The average Bonchev–Trinajstić information content (AvgIpc) is 2.64. The Kier molecular flexibility index (Phi) is 4.41. The Hall–Kier alpha value is -2.76. The van der Waals surface area contributed by atoms with E-state index in [0.29, 0.717) is 0 Å². The summed E-state index contributed by atoms with van der Waals surface area (Å²) in [5, 5.41) is 5.68. The van der Waals surface area contributed by atoms with Gasteiger partial charge in [-0.15, -0.1) is 0 Å². The SMILES string of the molecule is O=C(Nc1ccc[nH]c1=O)N[C@H]1CC2(CCCCC2)Oc2ccccc21. The lowest BCUT2D eigenvalue weighted by molar-refractivity contribution is -0.000995. The maximum atomic E-state index is 12.5. The van der Waals surface area contributed by atoms with Crippen molar-refractivity contribution in [3.63, 3.8) is 0 Å². The topological polar surface area (TPSA) is 83.2 Å². The van der Waals surface area contributed by atoms with Gasteiger partial charge in [0.25, 0.3) is 5.56 Å². The minimum atomic E-state index is -0.380. The van der Waals surface area contributed by atoms with Crippen LogP contribution < -0.4 is 20.9 Å². The normalized spacial score (nSPS) is 20.7. The Morgan fingerprint density at radius 1 is 1.12 bits per heavy atom. The predicted molar refractivity (Wildman–Crippen MR) is 99.5 cm³/mol. The molecule has 4 rings (SSSR count). The Morgan fingerprint density at radius 3 is 2.73 bits per heavy atom. The van der Waals surface area contributed by atoms with Gasteiger partial charge < -0.3 is 20.4 Å². The maximum absolute atomic E-state index is 12.5. The molecule has 1 aliphatic carbocycles. The standard InChI is InChI=1S/C20H23N3O3/c24-18-15(8-6-12-21-18)22-19(25)23-16-13-20(10-4-1-5-11-20)26-17-9-3-2-7-14(16)17/h2-3,6-9,12,16H,1,4-5,10-11,13H2,(H,21,24)(H2,22,23,25)/t16-/m0/s1. The third-order valence-electron chi connectivity index (χ3n) is 5.33. The molecule has 26 heavy (non-hydrogen) atoms. The summed E-state index contributed by atoms with van der Waals surface area (Å²) < 4.78 is 6.38. The number of carbonyl (C=O) groups is 1. The van der Waals surface area contributed by atoms with Gasteiger partial charge in [0.2, 0.25) is 0 Å². The molecule has 2 aliphatic rings. The summed E-state index contributed by atoms with van der Waals surface area (Å²) in [7, 11) is 0. The highest BCUT2D eigenvalue weighted by molar-refractivity contribution is 5.89. The largest absolute Gasteiger partial charge is 0.487 e. The number of rotatable bonds is 2. The molecule has 1 aromatic heterocycles. The summed E-state index contributed by atoms with van der Waals surface area (Å²) in [5.74, 6) is 0.850. The molecule has 0 radical (unpaired) electrons. The molecule has 2 heterocycles. The van der Waals surface area contributed by atoms with E-state index in [4.69, 9.17) is 4.74 Å². The lowest BCUT2D eigenvalue weighted by atomic mass is 9.77. The zero-order chi connectivity index (χ0) is 18.0. The number of H-pyrrole nitrogens is 1. The highest BCUT2D eigenvalue weighted by Crippen LogP contribution is 2.45. The highest BCUT2D eigenvalue weighted by Gasteiger charge is 2.42. The van der Waals surface area contributed by atoms with Crippen molar-refractivity contribution in [2.45, 2.75) is 50.2 Å². The first kappa shape index (κ1) is 16.7. The summed E-state index contributed by atoms with van der Waals surface area (Å²) in [6.45, 7) is 0. The molecule has 1 fully saturated rings. The maximum Gasteiger partial charge on any atom is 0.319 e. The van der Waals surface area contributed by atoms with Crippen LogP contribution in [-0.2, 0) is 0 Å². The number of benzene rings is 1. The molecule has 0 saturated heterocycles. The van der Waals surface area contributed by atoms with E-state index in [1.54, 1.807) is 12.1 Å². The van der Waals surface area contributed by atoms with E-state index in [-0.39, 0.29) is 28.9 Å². The fourth-order valence-corrected chi connectivity index (χ4v) is 4.09. The van der Waals surface area contributed by atoms with Crippen LogP contribution in [0.2, 0.25) is 0 Å². The van der Waals surface area contributed by atoms with Crippen molar-refractivity contribution in [3.8, 4) is 5.75 Å². The van der Waals surface area contributed by atoms with E-state index in [1.807, 2.05) is 24.3 Å². The van der Waals surface area contributed by atoms with Gasteiger partial charge in [-0.2, -0.15) is 0 Å². The Labute approximate surface area is 152 Å². The first-order chi connectivity index (χ1) is 12.7. The van der Waals surface area contributed by atoms with Crippen molar-refractivity contribution >= 4 is 11.7 Å². The van der Waals surface area contributed by atoms with Crippen LogP contribution in [0.4, 0.5) is 10.5 Å². The third kappa shape index (κ3) is 3.31. The minimum absolute atomic E-state index is 0.138. The van der Waals surface area contributed by atoms with Crippen LogP contribution in [0.3, 0.4) is 0 Å². The molecule has 3 N–H and O–H groups in total. The number of hydrogen-bond donors (Lipinski definition) is 3. The van der Waals surface area contributed by atoms with Crippen LogP contribution >= 0.6 is 0 Å². The predicted octanol–water partition coefficient (Wildman–Crippen LogP) is 3.72. The number of aromatic amines is 1. The molecule has 1 spiro atoms. The molecule has 1 aliphatic heterocycles. The van der Waals surface area contributed by atoms with E-state index in [2.05, 4.69) is 15.6 Å². The second-order valence-corrected chi connectivity index (χ2v) is 7.15. The summed E-state index contributed by atoms with van der Waals surface area (Å²) in [5.41, 5.74) is 0.701. The van der Waals surface area contributed by atoms with Crippen molar-refractivity contribution in [3.05, 3.63) is 58.5 Å². The molecule has 1 saturated carbocycles. The number of carbonyl (C=O) groups excluding carboxylic acids is 1. The molecular weight excluding hydrogens is 330 g/mol. The van der Waals surface area contributed by atoms with Crippen molar-refractivity contribution < 1.29 is 9.53 Å². The number of aromatic nitrogens is 1. The van der Waals surface area contributed by atoms with Gasteiger partial charge in [0.1, 0.15) is 17.0 Å². The zero-order valence-corrected chi connectivity index (χ0v) is 14.6. The zero-order valence-electron chi connectivity index (χ0n) is 14.6. The molecule has 136 valence electrons. The number of amides is 2. The molecule has 0 bridgehead atoms. The molecule has 1 aromatic carbocycles. The highest BCUT2D eigenvalue weighted by atomic mass is 16.5. The summed E-state index contributed by atoms with van der Waals surface area (Å²) >= 11 is 0. The minimum Gasteiger partial charge on any atom is -0.487 e. The number of nitrogens with one attached hydrogen (secondary N) is 3. The van der Waals surface area contributed by atoms with Crippen LogP contribution in [0.25, 0.3) is 0 Å². The van der Waals surface area contributed by atoms with Crippen molar-refractivity contribution in [1.29, 1.82) is 0 Å². The summed E-state index contributed by atoms with van der Waals surface area (Å²) in [4.78, 5) is 26.8. The van der Waals surface area contributed by atoms with Gasteiger partial charge in [-0.25, -0.2) is 4.79 Å². The Bertz CT molecular complexity index is 855. The van der Waals surface area contributed by atoms with Gasteiger partial charge in [-0.3, -0.25) is 4.79 Å². The average molecular weight is 353 g/mol. The van der Waals surface area contributed by atoms with E-state index < -0.39 is 0 Å². The number of pyridine rings is 1. The molecule has 1 atom stereocenters. The van der Waals surface area contributed by atoms with Crippen LogP contribution in [-0.4, -0.2) is 16.6 Å². The number of para-hydroxylation sites is 1. The van der Waals surface area contributed by atoms with Gasteiger partial charge in [-0.1, -0.05) is 24.6 Å². The van der Waals surface area contributed by atoms with Crippen LogP contribution in [0, 0.1) is 0 Å². The van der Waals surface area contributed by atoms with Gasteiger partial charge >= 0.3 is 6.03 Å². The molecule has 6 nitrogen and oxygen atoms in total. The smallest absolute Gasteiger partial charge is 0.319 e. The fraction of sp³-hybridized carbons (Fsp3) is 0.400. The quantitative estimate of drug-likeness (QED) is 0.769. The lowest BCUT2D eigenvalue weighted by Gasteiger charge is -2.44. The fourth-order valence-electron chi connectivity index (χ4n) is 4.09. The second-order valence-electron chi connectivity index (χ2n) is 7.15. The molecule has 2 aromatic rings. The summed E-state index contributed by atoms with van der Waals surface area (Å²) in [6.07, 6.45) is 7.86. The van der Waals surface area contributed by atoms with E-state index in [1.165, 1.54) is 12.6 Å². The lowest BCUT2D eigenvalue weighted by Crippen LogP contribution is -2.47. The van der Waals surface area contributed by atoms with Gasteiger partial charge in [-0.05, 0) is 43.9 Å². The Morgan fingerprint density at radius 2 is 1.92 bits per heavy atom.